The van der Waals surface area contributed by atoms with Crippen LogP contribution in [0, 0.1) is 0 Å². The zero-order valence-electron chi connectivity index (χ0n) is 11.7. The molecule has 2 rings (SSSR count). The zero-order valence-corrected chi connectivity index (χ0v) is 11.7. The number of benzene rings is 1. The van der Waals surface area contributed by atoms with Gasteiger partial charge in [0, 0.05) is 23.9 Å². The Bertz CT molecular complexity index is 505. The molecule has 1 aromatic heterocycles. The smallest absolute Gasteiger partial charge is 0.212 e. The van der Waals surface area contributed by atoms with E-state index in [1.54, 1.807) is 7.11 Å². The summed E-state index contributed by atoms with van der Waals surface area (Å²) in [6.45, 7) is 2.18. The highest BCUT2D eigenvalue weighted by atomic mass is 16.5. The molecule has 0 fully saturated rings. The van der Waals surface area contributed by atoms with Crippen LogP contribution in [0.25, 0.3) is 11.1 Å². The number of hydrogen-bond donors (Lipinski definition) is 1. The van der Waals surface area contributed by atoms with Gasteiger partial charge in [0.25, 0.3) is 0 Å². The van der Waals surface area contributed by atoms with Gasteiger partial charge in [0.2, 0.25) is 5.88 Å². The van der Waals surface area contributed by atoms with Gasteiger partial charge in [-0.2, -0.15) is 0 Å². The first-order chi connectivity index (χ1) is 9.22. The van der Waals surface area contributed by atoms with E-state index in [9.17, 15) is 0 Å². The van der Waals surface area contributed by atoms with Crippen molar-refractivity contribution in [3.63, 3.8) is 0 Å². The van der Waals surface area contributed by atoms with E-state index in [1.165, 1.54) is 11.1 Å². The van der Waals surface area contributed by atoms with Crippen LogP contribution in [0.2, 0.25) is 0 Å². The van der Waals surface area contributed by atoms with Gasteiger partial charge >= 0.3 is 0 Å². The lowest BCUT2D eigenvalue weighted by atomic mass is 10.0. The third kappa shape index (κ3) is 3.55. The van der Waals surface area contributed by atoms with Gasteiger partial charge in [-0.3, -0.25) is 0 Å². The number of nitrogens with zero attached hydrogens (tertiary/aromatic N) is 1. The molecule has 3 nitrogen and oxygen atoms in total. The van der Waals surface area contributed by atoms with Gasteiger partial charge in [0.15, 0.2) is 0 Å². The largest absolute Gasteiger partial charge is 0.481 e. The van der Waals surface area contributed by atoms with Gasteiger partial charge in [-0.05, 0) is 37.6 Å². The molecule has 1 heterocycles. The van der Waals surface area contributed by atoms with Crippen molar-refractivity contribution in [2.75, 3.05) is 14.2 Å². The summed E-state index contributed by atoms with van der Waals surface area (Å²) in [6, 6.07) is 13.0. The minimum atomic E-state index is 0.494. The normalized spacial score (nSPS) is 12.2. The summed E-state index contributed by atoms with van der Waals surface area (Å²) >= 11 is 0. The Morgan fingerprint density at radius 2 is 1.79 bits per heavy atom. The first-order valence-corrected chi connectivity index (χ1v) is 6.49. The maximum Gasteiger partial charge on any atom is 0.212 e. The highest BCUT2D eigenvalue weighted by Crippen LogP contribution is 2.21. The number of likely N-dealkylation sites (N-methyl/N-ethyl adjacent to an activating group) is 1. The Labute approximate surface area is 114 Å². The van der Waals surface area contributed by atoms with Crippen LogP contribution in [0.5, 0.6) is 5.88 Å². The fourth-order valence-corrected chi connectivity index (χ4v) is 1.96. The molecule has 0 saturated carbocycles. The van der Waals surface area contributed by atoms with Gasteiger partial charge in [-0.15, -0.1) is 0 Å². The van der Waals surface area contributed by atoms with Crippen molar-refractivity contribution in [1.29, 1.82) is 0 Å². The van der Waals surface area contributed by atoms with Crippen LogP contribution in [-0.4, -0.2) is 25.2 Å². The molecule has 0 saturated heterocycles. The third-order valence-corrected chi connectivity index (χ3v) is 3.27. The van der Waals surface area contributed by atoms with Crippen LogP contribution in [0.15, 0.2) is 42.6 Å². The Morgan fingerprint density at radius 1 is 1.11 bits per heavy atom. The highest BCUT2D eigenvalue weighted by molar-refractivity contribution is 5.63. The molecule has 1 unspecified atom stereocenters. The molecule has 1 aromatic carbocycles. The topological polar surface area (TPSA) is 34.1 Å². The second-order valence-electron chi connectivity index (χ2n) is 4.68. The molecule has 0 bridgehead atoms. The van der Waals surface area contributed by atoms with Crippen LogP contribution in [-0.2, 0) is 6.42 Å². The van der Waals surface area contributed by atoms with Crippen molar-refractivity contribution in [2.45, 2.75) is 19.4 Å². The van der Waals surface area contributed by atoms with Crippen LogP contribution in [0.1, 0.15) is 12.5 Å². The number of aromatic nitrogens is 1. The Hall–Kier alpha value is -1.87. The molecule has 0 amide bonds. The zero-order chi connectivity index (χ0) is 13.7. The van der Waals surface area contributed by atoms with E-state index >= 15 is 0 Å². The standard InChI is InChI=1S/C16H20N2O/c1-12(17-2)10-13-4-6-14(7-5-13)15-8-9-16(19-3)18-11-15/h4-9,11-12,17H,10H2,1-3H3. The fraction of sp³-hybridized carbons (Fsp3) is 0.312. The monoisotopic (exact) mass is 256 g/mol. The second-order valence-corrected chi connectivity index (χ2v) is 4.68. The van der Waals surface area contributed by atoms with Crippen molar-refractivity contribution >= 4 is 0 Å². The maximum atomic E-state index is 5.06. The van der Waals surface area contributed by atoms with Gasteiger partial charge in [-0.1, -0.05) is 24.3 Å². The van der Waals surface area contributed by atoms with Crippen LogP contribution >= 0.6 is 0 Å². The summed E-state index contributed by atoms with van der Waals surface area (Å²) in [7, 11) is 3.61. The molecular formula is C16H20N2O. The van der Waals surface area contributed by atoms with E-state index < -0.39 is 0 Å². The van der Waals surface area contributed by atoms with Gasteiger partial charge in [0.1, 0.15) is 0 Å². The molecule has 1 N–H and O–H groups in total. The Kier molecular flexibility index (Phi) is 4.53. The molecule has 0 radical (unpaired) electrons. The van der Waals surface area contributed by atoms with E-state index in [1.807, 2.05) is 25.4 Å². The Balaban J connectivity index is 2.12. The summed E-state index contributed by atoms with van der Waals surface area (Å²) in [5.74, 6) is 0.642. The number of ether oxygens (including phenoxy) is 1. The van der Waals surface area contributed by atoms with E-state index in [0.29, 0.717) is 11.9 Å². The quantitative estimate of drug-likeness (QED) is 0.893. The molecular weight excluding hydrogens is 236 g/mol. The van der Waals surface area contributed by atoms with Crippen molar-refractivity contribution in [2.24, 2.45) is 0 Å². The van der Waals surface area contributed by atoms with Gasteiger partial charge in [-0.25, -0.2) is 4.98 Å². The van der Waals surface area contributed by atoms with Crippen molar-refractivity contribution < 1.29 is 4.74 Å². The lowest BCUT2D eigenvalue weighted by molar-refractivity contribution is 0.398. The first kappa shape index (κ1) is 13.6. The molecule has 0 aliphatic rings. The van der Waals surface area contributed by atoms with Crippen molar-refractivity contribution in [3.8, 4) is 17.0 Å². The third-order valence-electron chi connectivity index (χ3n) is 3.27. The SMILES string of the molecule is CNC(C)Cc1ccc(-c2ccc(OC)nc2)cc1. The molecule has 1 atom stereocenters. The number of hydrogen-bond acceptors (Lipinski definition) is 3. The minimum Gasteiger partial charge on any atom is -0.481 e. The number of pyridine rings is 1. The lowest BCUT2D eigenvalue weighted by Gasteiger charge is -2.10. The van der Waals surface area contributed by atoms with Gasteiger partial charge in [0.05, 0.1) is 7.11 Å². The van der Waals surface area contributed by atoms with Crippen LogP contribution < -0.4 is 10.1 Å². The van der Waals surface area contributed by atoms with E-state index in [-0.39, 0.29) is 0 Å². The maximum absolute atomic E-state index is 5.06. The summed E-state index contributed by atoms with van der Waals surface area (Å²) in [5, 5.41) is 3.25. The minimum absolute atomic E-state index is 0.494. The first-order valence-electron chi connectivity index (χ1n) is 6.49. The lowest BCUT2D eigenvalue weighted by Crippen LogP contribution is -2.23. The molecule has 0 aliphatic carbocycles. The predicted octanol–water partition coefficient (Wildman–Crippen LogP) is 2.91. The molecule has 0 aliphatic heterocycles. The van der Waals surface area contributed by atoms with Crippen LogP contribution in [0.3, 0.4) is 0 Å². The molecule has 2 aromatic rings. The van der Waals surface area contributed by atoms with Crippen molar-refractivity contribution in [1.82, 2.24) is 10.3 Å². The highest BCUT2D eigenvalue weighted by Gasteiger charge is 2.02. The molecule has 0 spiro atoms. The Morgan fingerprint density at radius 3 is 2.32 bits per heavy atom. The molecule has 3 heteroatoms. The van der Waals surface area contributed by atoms with E-state index in [0.717, 1.165) is 12.0 Å². The number of nitrogens with one attached hydrogen (secondary N) is 1. The predicted molar refractivity (Wildman–Crippen MR) is 78.5 cm³/mol. The summed E-state index contributed by atoms with van der Waals surface area (Å²) < 4.78 is 5.06. The second kappa shape index (κ2) is 6.34. The molecule has 100 valence electrons. The van der Waals surface area contributed by atoms with Crippen LogP contribution in [0.4, 0.5) is 0 Å². The molecule has 19 heavy (non-hydrogen) atoms. The van der Waals surface area contributed by atoms with E-state index in [2.05, 4.69) is 41.5 Å². The average molecular weight is 256 g/mol. The average Bonchev–Trinajstić information content (AvgIpc) is 2.48. The summed E-state index contributed by atoms with van der Waals surface area (Å²) in [4.78, 5) is 4.23. The number of rotatable bonds is 5. The summed E-state index contributed by atoms with van der Waals surface area (Å²) in [5.41, 5.74) is 3.62. The fourth-order valence-electron chi connectivity index (χ4n) is 1.96. The number of methoxy groups -OCH3 is 1. The van der Waals surface area contributed by atoms with E-state index in [4.69, 9.17) is 4.74 Å². The summed E-state index contributed by atoms with van der Waals surface area (Å²) in [6.07, 6.45) is 2.88. The van der Waals surface area contributed by atoms with Crippen molar-refractivity contribution in [3.05, 3.63) is 48.2 Å². The van der Waals surface area contributed by atoms with Gasteiger partial charge < -0.3 is 10.1 Å².